The van der Waals surface area contributed by atoms with Crippen LogP contribution in [0.3, 0.4) is 0 Å². The molecule has 0 saturated carbocycles. The van der Waals surface area contributed by atoms with Gasteiger partial charge in [0.05, 0.1) is 0 Å². The van der Waals surface area contributed by atoms with E-state index in [1.165, 1.54) is 0 Å². The molecule has 0 amide bonds. The second-order valence-corrected chi connectivity index (χ2v) is 4.48. The van der Waals surface area contributed by atoms with Crippen molar-refractivity contribution >= 4 is 5.69 Å². The minimum atomic E-state index is 0.0425. The van der Waals surface area contributed by atoms with Crippen molar-refractivity contribution in [1.82, 2.24) is 0 Å². The lowest BCUT2D eigenvalue weighted by Crippen LogP contribution is -2.02. The predicted molar refractivity (Wildman–Crippen MR) is 77.4 cm³/mol. The first-order valence-electron chi connectivity index (χ1n) is 6.58. The van der Waals surface area contributed by atoms with Crippen LogP contribution in [0.1, 0.15) is 5.56 Å². The van der Waals surface area contributed by atoms with E-state index >= 15 is 0 Å². The van der Waals surface area contributed by atoms with Gasteiger partial charge in [0.1, 0.15) is 11.8 Å². The fourth-order valence-electron chi connectivity index (χ4n) is 2.14. The second kappa shape index (κ2) is 6.06. The molecule has 0 bridgehead atoms. The summed E-state index contributed by atoms with van der Waals surface area (Å²) in [4.78, 5) is 0. The summed E-state index contributed by atoms with van der Waals surface area (Å²) in [6.07, 6.45) is 0. The van der Waals surface area contributed by atoms with Gasteiger partial charge in [0.15, 0.2) is 18.1 Å². The monoisotopic (exact) mass is 282 g/mol. The van der Waals surface area contributed by atoms with Gasteiger partial charge in [0, 0.05) is 23.9 Å². The second-order valence-electron chi connectivity index (χ2n) is 4.48. The van der Waals surface area contributed by atoms with E-state index in [9.17, 15) is 0 Å². The van der Waals surface area contributed by atoms with Crippen molar-refractivity contribution < 1.29 is 14.2 Å². The smallest absolute Gasteiger partial charge is 0.231 e. The number of hydrogen-bond donors (Lipinski definition) is 1. The van der Waals surface area contributed by atoms with Crippen LogP contribution in [-0.4, -0.2) is 13.4 Å². The van der Waals surface area contributed by atoms with Gasteiger partial charge in [-0.3, -0.25) is 0 Å². The molecule has 0 spiro atoms. The highest BCUT2D eigenvalue weighted by Crippen LogP contribution is 2.35. The van der Waals surface area contributed by atoms with E-state index in [2.05, 4.69) is 5.32 Å². The Morgan fingerprint density at radius 1 is 1.19 bits per heavy atom. The van der Waals surface area contributed by atoms with Crippen LogP contribution in [0.4, 0.5) is 5.69 Å². The molecule has 1 aliphatic heterocycles. The largest absolute Gasteiger partial charge is 0.479 e. The van der Waals surface area contributed by atoms with Crippen LogP contribution in [-0.2, 0) is 6.54 Å². The molecule has 1 heterocycles. The molecule has 0 atom stereocenters. The lowest BCUT2D eigenvalue weighted by Gasteiger charge is -2.10. The maximum Gasteiger partial charge on any atom is 0.231 e. The Balaban J connectivity index is 1.68. The van der Waals surface area contributed by atoms with Gasteiger partial charge in [-0.1, -0.05) is 18.2 Å². The van der Waals surface area contributed by atoms with E-state index < -0.39 is 0 Å². The Labute approximate surface area is 122 Å². The fraction of sp³-hybridized carbons (Fsp3) is 0.188. The van der Waals surface area contributed by atoms with Gasteiger partial charge < -0.3 is 19.5 Å². The fourth-order valence-corrected chi connectivity index (χ4v) is 2.14. The van der Waals surface area contributed by atoms with Crippen LogP contribution in [0.2, 0.25) is 0 Å². The Hall–Kier alpha value is -2.87. The summed E-state index contributed by atoms with van der Waals surface area (Å²) < 4.78 is 16.1. The third-order valence-electron chi connectivity index (χ3n) is 3.10. The summed E-state index contributed by atoms with van der Waals surface area (Å²) in [5.41, 5.74) is 1.95. The number of hydrogen-bond acceptors (Lipinski definition) is 5. The third kappa shape index (κ3) is 3.00. The maximum atomic E-state index is 8.52. The summed E-state index contributed by atoms with van der Waals surface area (Å²) in [5.74, 6) is 2.24. The van der Waals surface area contributed by atoms with E-state index in [4.69, 9.17) is 19.5 Å². The van der Waals surface area contributed by atoms with Crippen molar-refractivity contribution in [1.29, 1.82) is 5.26 Å². The summed E-state index contributed by atoms with van der Waals surface area (Å²) in [5, 5.41) is 11.8. The van der Waals surface area contributed by atoms with Crippen LogP contribution >= 0.6 is 0 Å². The van der Waals surface area contributed by atoms with Gasteiger partial charge in [0.2, 0.25) is 6.79 Å². The molecule has 3 rings (SSSR count). The number of nitrogens with one attached hydrogen (secondary N) is 1. The first-order chi connectivity index (χ1) is 10.4. The van der Waals surface area contributed by atoms with Gasteiger partial charge in [-0.05, 0) is 18.2 Å². The van der Waals surface area contributed by atoms with Gasteiger partial charge in [-0.2, -0.15) is 5.26 Å². The first-order valence-corrected chi connectivity index (χ1v) is 6.58. The van der Waals surface area contributed by atoms with Crippen molar-refractivity contribution in [2.45, 2.75) is 6.54 Å². The van der Waals surface area contributed by atoms with Crippen LogP contribution in [0.25, 0.3) is 0 Å². The van der Waals surface area contributed by atoms with Gasteiger partial charge in [-0.15, -0.1) is 0 Å². The Bertz CT molecular complexity index is 679. The van der Waals surface area contributed by atoms with Crippen molar-refractivity contribution in [2.24, 2.45) is 0 Å². The molecule has 5 nitrogen and oxygen atoms in total. The number of ether oxygens (including phenoxy) is 3. The molecule has 0 aliphatic carbocycles. The highest BCUT2D eigenvalue weighted by Gasteiger charge is 2.16. The zero-order valence-electron chi connectivity index (χ0n) is 11.3. The lowest BCUT2D eigenvalue weighted by atomic mass is 10.2. The Morgan fingerprint density at radius 2 is 2.10 bits per heavy atom. The third-order valence-corrected chi connectivity index (χ3v) is 3.10. The van der Waals surface area contributed by atoms with E-state index in [0.29, 0.717) is 12.3 Å². The molecular weight excluding hydrogens is 268 g/mol. The molecule has 2 aromatic rings. The zero-order valence-corrected chi connectivity index (χ0v) is 11.3. The van der Waals surface area contributed by atoms with Crippen LogP contribution < -0.4 is 19.5 Å². The van der Waals surface area contributed by atoms with Crippen molar-refractivity contribution in [3.8, 4) is 23.3 Å². The minimum Gasteiger partial charge on any atom is -0.479 e. The molecule has 1 N–H and O–H groups in total. The molecule has 5 heteroatoms. The lowest BCUT2D eigenvalue weighted by molar-refractivity contribution is 0.173. The molecule has 0 unspecified atom stereocenters. The van der Waals surface area contributed by atoms with Gasteiger partial charge >= 0.3 is 0 Å². The van der Waals surface area contributed by atoms with E-state index in [-0.39, 0.29) is 13.4 Å². The summed E-state index contributed by atoms with van der Waals surface area (Å²) >= 11 is 0. The summed E-state index contributed by atoms with van der Waals surface area (Å²) in [7, 11) is 0. The van der Waals surface area contributed by atoms with E-state index in [1.54, 1.807) is 0 Å². The van der Waals surface area contributed by atoms with E-state index in [1.807, 2.05) is 48.5 Å². The van der Waals surface area contributed by atoms with Gasteiger partial charge in [0.25, 0.3) is 0 Å². The topological polar surface area (TPSA) is 63.5 Å². The molecular formula is C16H14N2O3. The quantitative estimate of drug-likeness (QED) is 0.913. The minimum absolute atomic E-state index is 0.0425. The Kier molecular flexibility index (Phi) is 3.79. The van der Waals surface area contributed by atoms with Crippen molar-refractivity contribution in [3.05, 3.63) is 48.0 Å². The molecule has 0 saturated heterocycles. The van der Waals surface area contributed by atoms with Crippen molar-refractivity contribution in [2.75, 3.05) is 18.7 Å². The van der Waals surface area contributed by atoms with Crippen LogP contribution in [0.5, 0.6) is 17.2 Å². The molecule has 2 aromatic carbocycles. The number of rotatable bonds is 5. The maximum absolute atomic E-state index is 8.52. The number of nitrogens with zero attached hydrogens (tertiary/aromatic N) is 1. The molecule has 0 fully saturated rings. The van der Waals surface area contributed by atoms with Crippen LogP contribution in [0.15, 0.2) is 42.5 Å². The normalized spacial score (nSPS) is 11.8. The molecule has 1 aliphatic rings. The number of benzene rings is 2. The average Bonchev–Trinajstić information content (AvgIpc) is 3.00. The van der Waals surface area contributed by atoms with E-state index in [0.717, 1.165) is 22.7 Å². The molecule has 21 heavy (non-hydrogen) atoms. The zero-order chi connectivity index (χ0) is 14.5. The average molecular weight is 282 g/mol. The molecule has 0 aromatic heterocycles. The molecule has 106 valence electrons. The SMILES string of the molecule is N#CCOc1cccc(NCc2cccc3c2OCO3)c1. The van der Waals surface area contributed by atoms with Crippen molar-refractivity contribution in [3.63, 3.8) is 0 Å². The van der Waals surface area contributed by atoms with Crippen LogP contribution in [0, 0.1) is 11.3 Å². The summed E-state index contributed by atoms with van der Waals surface area (Å²) in [6.45, 7) is 0.929. The Morgan fingerprint density at radius 3 is 3.00 bits per heavy atom. The highest BCUT2D eigenvalue weighted by atomic mass is 16.7. The number of nitriles is 1. The number of para-hydroxylation sites is 1. The predicted octanol–water partition coefficient (Wildman–Crippen LogP) is 2.93. The van der Waals surface area contributed by atoms with Gasteiger partial charge in [-0.25, -0.2) is 0 Å². The standard InChI is InChI=1S/C16H14N2O3/c17-7-8-19-14-5-2-4-13(9-14)18-10-12-3-1-6-15-16(12)21-11-20-15/h1-6,9,18H,8,10-11H2. The number of anilines is 1. The highest BCUT2D eigenvalue weighted by molar-refractivity contribution is 5.52. The first kappa shape index (κ1) is 13.1. The number of fused-ring (bicyclic) bond motifs is 1. The summed E-state index contributed by atoms with van der Waals surface area (Å²) in [6, 6.07) is 15.3. The molecule has 0 radical (unpaired) electrons.